The Hall–Kier alpha value is -2.59. The van der Waals surface area contributed by atoms with Crippen LogP contribution in [0.1, 0.15) is 24.8 Å². The van der Waals surface area contributed by atoms with Crippen LogP contribution in [-0.4, -0.2) is 64.8 Å². The molecule has 0 aromatic heterocycles. The zero-order valence-electron chi connectivity index (χ0n) is 16.2. The summed E-state index contributed by atoms with van der Waals surface area (Å²) in [6.45, 7) is 1.94. The molecule has 1 aromatic carbocycles. The van der Waals surface area contributed by atoms with E-state index in [1.807, 2.05) is 11.0 Å². The average Bonchev–Trinajstić information content (AvgIpc) is 3.42. The summed E-state index contributed by atoms with van der Waals surface area (Å²) in [4.78, 5) is 40.1. The lowest BCUT2D eigenvalue weighted by Crippen LogP contribution is -2.40. The van der Waals surface area contributed by atoms with Crippen LogP contribution >= 0.6 is 24.0 Å². The number of amides is 3. The molecule has 3 amide bonds. The summed E-state index contributed by atoms with van der Waals surface area (Å²) < 4.78 is 11.0. The number of likely N-dealkylation sites (tertiary alicyclic amines) is 1. The molecular formula is C20H21N3O5S2. The van der Waals surface area contributed by atoms with Crippen LogP contribution in [0.2, 0.25) is 0 Å². The maximum Gasteiger partial charge on any atom is 0.266 e. The SMILES string of the molecule is O=C(CN1C(=O)/C(=C\c2ccc3c(c2)OCO3)SC1=S)NCCCN1CCCC1=O. The maximum atomic E-state index is 12.7. The summed E-state index contributed by atoms with van der Waals surface area (Å²) in [5, 5.41) is 2.79. The molecule has 3 heterocycles. The number of benzene rings is 1. The Labute approximate surface area is 183 Å². The molecule has 0 unspecified atom stereocenters. The van der Waals surface area contributed by atoms with E-state index in [4.69, 9.17) is 21.7 Å². The predicted octanol–water partition coefficient (Wildman–Crippen LogP) is 1.75. The molecule has 0 bridgehead atoms. The van der Waals surface area contributed by atoms with Crippen LogP contribution in [0.5, 0.6) is 11.5 Å². The second kappa shape index (κ2) is 9.05. The van der Waals surface area contributed by atoms with Crippen molar-refractivity contribution >= 4 is 52.1 Å². The van der Waals surface area contributed by atoms with E-state index in [1.165, 1.54) is 16.7 Å². The normalized spacial score (nSPS) is 19.3. The first-order valence-electron chi connectivity index (χ1n) is 9.71. The Balaban J connectivity index is 1.28. The zero-order chi connectivity index (χ0) is 21.1. The van der Waals surface area contributed by atoms with Crippen LogP contribution in [0.15, 0.2) is 23.1 Å². The predicted molar refractivity (Wildman–Crippen MR) is 116 cm³/mol. The maximum absolute atomic E-state index is 12.7. The molecule has 3 aliphatic heterocycles. The number of thiocarbonyl (C=S) groups is 1. The fraction of sp³-hybridized carbons (Fsp3) is 0.400. The van der Waals surface area contributed by atoms with E-state index in [0.29, 0.717) is 46.7 Å². The highest BCUT2D eigenvalue weighted by molar-refractivity contribution is 8.26. The van der Waals surface area contributed by atoms with Gasteiger partial charge in [0, 0.05) is 26.1 Å². The Morgan fingerprint density at radius 1 is 1.27 bits per heavy atom. The Morgan fingerprint density at radius 2 is 2.10 bits per heavy atom. The number of thioether (sulfide) groups is 1. The van der Waals surface area contributed by atoms with Gasteiger partial charge in [0.2, 0.25) is 18.6 Å². The smallest absolute Gasteiger partial charge is 0.266 e. The van der Waals surface area contributed by atoms with Gasteiger partial charge in [-0.25, -0.2) is 0 Å². The third kappa shape index (κ3) is 4.59. The lowest BCUT2D eigenvalue weighted by atomic mass is 10.2. The molecule has 10 heteroatoms. The molecule has 2 fully saturated rings. The van der Waals surface area contributed by atoms with Crippen molar-refractivity contribution in [3.05, 3.63) is 28.7 Å². The second-order valence-corrected chi connectivity index (χ2v) is 8.74. The molecule has 1 N–H and O–H groups in total. The molecule has 158 valence electrons. The molecule has 0 saturated carbocycles. The number of rotatable bonds is 7. The fourth-order valence-electron chi connectivity index (χ4n) is 3.43. The van der Waals surface area contributed by atoms with Gasteiger partial charge in [-0.2, -0.15) is 0 Å². The monoisotopic (exact) mass is 447 g/mol. The summed E-state index contributed by atoms with van der Waals surface area (Å²) in [6.07, 6.45) is 3.92. The van der Waals surface area contributed by atoms with Gasteiger partial charge in [0.15, 0.2) is 11.5 Å². The molecule has 0 atom stereocenters. The Kier molecular flexibility index (Phi) is 6.24. The van der Waals surface area contributed by atoms with Crippen LogP contribution < -0.4 is 14.8 Å². The second-order valence-electron chi connectivity index (χ2n) is 7.07. The molecule has 3 aliphatic rings. The van der Waals surface area contributed by atoms with Crippen molar-refractivity contribution in [1.82, 2.24) is 15.1 Å². The third-order valence-electron chi connectivity index (χ3n) is 4.97. The van der Waals surface area contributed by atoms with Gasteiger partial charge in [-0.05, 0) is 36.6 Å². The highest BCUT2D eigenvalue weighted by atomic mass is 32.2. The first kappa shape index (κ1) is 20.7. The van der Waals surface area contributed by atoms with Crippen LogP contribution in [-0.2, 0) is 14.4 Å². The molecule has 30 heavy (non-hydrogen) atoms. The minimum absolute atomic E-state index is 0.119. The van der Waals surface area contributed by atoms with Crippen molar-refractivity contribution in [2.45, 2.75) is 19.3 Å². The highest BCUT2D eigenvalue weighted by Crippen LogP contribution is 2.36. The van der Waals surface area contributed by atoms with E-state index in [-0.39, 0.29) is 31.1 Å². The van der Waals surface area contributed by atoms with E-state index in [2.05, 4.69) is 5.32 Å². The molecule has 8 nitrogen and oxygen atoms in total. The number of carbonyl (C=O) groups is 3. The van der Waals surface area contributed by atoms with Gasteiger partial charge in [-0.15, -0.1) is 0 Å². The number of carbonyl (C=O) groups excluding carboxylic acids is 3. The number of fused-ring (bicyclic) bond motifs is 1. The van der Waals surface area contributed by atoms with Crippen molar-refractivity contribution in [2.24, 2.45) is 0 Å². The molecule has 0 radical (unpaired) electrons. The van der Waals surface area contributed by atoms with E-state index >= 15 is 0 Å². The molecule has 2 saturated heterocycles. The van der Waals surface area contributed by atoms with Gasteiger partial charge in [-0.1, -0.05) is 30.0 Å². The quantitative estimate of drug-likeness (QED) is 0.387. The number of nitrogens with one attached hydrogen (secondary N) is 1. The van der Waals surface area contributed by atoms with E-state index < -0.39 is 0 Å². The van der Waals surface area contributed by atoms with E-state index in [9.17, 15) is 14.4 Å². The molecule has 0 spiro atoms. The summed E-state index contributed by atoms with van der Waals surface area (Å²) in [5.74, 6) is 0.914. The fourth-order valence-corrected chi connectivity index (χ4v) is 4.68. The van der Waals surface area contributed by atoms with Gasteiger partial charge >= 0.3 is 0 Å². The standard InChI is InChI=1S/C20H21N3O5S2/c24-17(21-6-2-8-22-7-1-3-18(22)25)11-23-19(26)16(30-20(23)29)10-13-4-5-14-15(9-13)28-12-27-14/h4-5,9-10H,1-3,6-8,11-12H2,(H,21,24)/b16-10+. The first-order chi connectivity index (χ1) is 14.5. The van der Waals surface area contributed by atoms with Crippen LogP contribution in [0.3, 0.4) is 0 Å². The van der Waals surface area contributed by atoms with Crippen LogP contribution in [0.25, 0.3) is 6.08 Å². The number of hydrogen-bond donors (Lipinski definition) is 1. The molecule has 1 aromatic rings. The van der Waals surface area contributed by atoms with Crippen molar-refractivity contribution in [1.29, 1.82) is 0 Å². The number of nitrogens with zero attached hydrogens (tertiary/aromatic N) is 2. The van der Waals surface area contributed by atoms with Gasteiger partial charge in [0.1, 0.15) is 10.9 Å². The molecular weight excluding hydrogens is 426 g/mol. The topological polar surface area (TPSA) is 88.2 Å². The third-order valence-corrected chi connectivity index (χ3v) is 6.35. The van der Waals surface area contributed by atoms with Crippen molar-refractivity contribution in [2.75, 3.05) is 33.0 Å². The first-order valence-corrected chi connectivity index (χ1v) is 10.9. The van der Waals surface area contributed by atoms with Crippen molar-refractivity contribution in [3.8, 4) is 11.5 Å². The minimum Gasteiger partial charge on any atom is -0.454 e. The largest absolute Gasteiger partial charge is 0.454 e. The van der Waals surface area contributed by atoms with Crippen molar-refractivity contribution < 1.29 is 23.9 Å². The van der Waals surface area contributed by atoms with Crippen LogP contribution in [0.4, 0.5) is 0 Å². The zero-order valence-corrected chi connectivity index (χ0v) is 17.9. The summed E-state index contributed by atoms with van der Waals surface area (Å²) >= 11 is 6.46. The lowest BCUT2D eigenvalue weighted by Gasteiger charge is -2.16. The minimum atomic E-state index is -0.291. The van der Waals surface area contributed by atoms with Crippen LogP contribution in [0, 0.1) is 0 Å². The summed E-state index contributed by atoms with van der Waals surface area (Å²) in [7, 11) is 0. The summed E-state index contributed by atoms with van der Waals surface area (Å²) in [6, 6.07) is 5.42. The molecule has 0 aliphatic carbocycles. The Morgan fingerprint density at radius 3 is 2.90 bits per heavy atom. The Bertz CT molecular complexity index is 933. The number of hydrogen-bond acceptors (Lipinski definition) is 7. The van der Waals surface area contributed by atoms with E-state index in [1.54, 1.807) is 18.2 Å². The van der Waals surface area contributed by atoms with Gasteiger partial charge in [0.25, 0.3) is 5.91 Å². The molecule has 4 rings (SSSR count). The summed E-state index contributed by atoms with van der Waals surface area (Å²) in [5.41, 5.74) is 0.792. The lowest BCUT2D eigenvalue weighted by molar-refractivity contribution is -0.129. The average molecular weight is 448 g/mol. The van der Waals surface area contributed by atoms with Gasteiger partial charge in [0.05, 0.1) is 4.91 Å². The highest BCUT2D eigenvalue weighted by Gasteiger charge is 2.33. The van der Waals surface area contributed by atoms with Gasteiger partial charge < -0.3 is 19.7 Å². The van der Waals surface area contributed by atoms with Crippen molar-refractivity contribution in [3.63, 3.8) is 0 Å². The van der Waals surface area contributed by atoms with E-state index in [0.717, 1.165) is 18.5 Å². The number of ether oxygens (including phenoxy) is 2. The van der Waals surface area contributed by atoms with Gasteiger partial charge in [-0.3, -0.25) is 19.3 Å².